The van der Waals surface area contributed by atoms with E-state index < -0.39 is 41.9 Å². The number of alkyl halides is 3. The highest BCUT2D eigenvalue weighted by molar-refractivity contribution is 6.31. The van der Waals surface area contributed by atoms with Gasteiger partial charge in [-0.05, 0) is 29.2 Å². The van der Waals surface area contributed by atoms with Gasteiger partial charge in [-0.1, -0.05) is 32.4 Å². The van der Waals surface area contributed by atoms with Crippen LogP contribution in [0.2, 0.25) is 5.02 Å². The molecule has 1 atom stereocenters. The Hall–Kier alpha value is -3.31. The van der Waals surface area contributed by atoms with Gasteiger partial charge in [-0.25, -0.2) is 9.78 Å². The summed E-state index contributed by atoms with van der Waals surface area (Å²) in [5, 5.41) is 10.6. The largest absolute Gasteiger partial charge is 0.522 e. The van der Waals surface area contributed by atoms with Gasteiger partial charge in [0.05, 0.1) is 26.1 Å². The van der Waals surface area contributed by atoms with Gasteiger partial charge in [0.25, 0.3) is 5.56 Å². The fourth-order valence-electron chi connectivity index (χ4n) is 4.19. The van der Waals surface area contributed by atoms with Crippen molar-refractivity contribution in [3.63, 3.8) is 0 Å². The first-order valence-corrected chi connectivity index (χ1v) is 11.0. The first kappa shape index (κ1) is 27.3. The molecule has 3 rings (SSSR count). The molecule has 1 unspecified atom stereocenters. The summed E-state index contributed by atoms with van der Waals surface area (Å²) in [6.07, 6.45) is -1.73. The summed E-state index contributed by atoms with van der Waals surface area (Å²) in [4.78, 5) is 29.9. The fraction of sp³-hybridized carbons (Fsp3) is 0.375. The van der Waals surface area contributed by atoms with Crippen molar-refractivity contribution in [3.05, 3.63) is 58.4 Å². The van der Waals surface area contributed by atoms with E-state index in [2.05, 4.69) is 9.72 Å². The lowest BCUT2D eigenvalue weighted by molar-refractivity contribution is -0.326. The summed E-state index contributed by atoms with van der Waals surface area (Å²) in [6.45, 7) is 3.56. The van der Waals surface area contributed by atoms with Crippen LogP contribution in [0.5, 0.6) is 5.75 Å². The topological polar surface area (TPSA) is 104 Å². The fourth-order valence-corrected chi connectivity index (χ4v) is 4.36. The van der Waals surface area contributed by atoms with E-state index in [0.717, 1.165) is 10.6 Å². The molecular formula is C24H24ClF3N2O6. The van der Waals surface area contributed by atoms with Gasteiger partial charge >= 0.3 is 12.3 Å². The third-order valence-corrected chi connectivity index (χ3v) is 6.18. The van der Waals surface area contributed by atoms with Crippen LogP contribution in [0.15, 0.2) is 52.3 Å². The van der Waals surface area contributed by atoms with E-state index in [0.29, 0.717) is 21.9 Å². The predicted octanol–water partition coefficient (Wildman–Crippen LogP) is 5.58. The van der Waals surface area contributed by atoms with Crippen molar-refractivity contribution < 1.29 is 37.0 Å². The Kier molecular flexibility index (Phi) is 7.56. The number of nitrogens with zero attached hydrogens (tertiary/aromatic N) is 2. The number of oxazole rings is 1. The molecule has 0 aliphatic heterocycles. The summed E-state index contributed by atoms with van der Waals surface area (Å²) in [7, 11) is 1.32. The molecule has 8 nitrogen and oxygen atoms in total. The molecule has 3 aromatic rings. The monoisotopic (exact) mass is 528 g/mol. The number of aliphatic carboxylic acids is 1. The Bertz CT molecular complexity index is 1300. The summed E-state index contributed by atoms with van der Waals surface area (Å²) in [6, 6.07) is 6.01. The summed E-state index contributed by atoms with van der Waals surface area (Å²) in [5.74, 6) is -1.03. The van der Waals surface area contributed by atoms with Crippen LogP contribution in [0.25, 0.3) is 22.5 Å². The van der Waals surface area contributed by atoms with E-state index in [4.69, 9.17) is 20.8 Å². The summed E-state index contributed by atoms with van der Waals surface area (Å²) >= 11 is 6.21. The van der Waals surface area contributed by atoms with E-state index in [1.54, 1.807) is 18.2 Å². The zero-order valence-corrected chi connectivity index (χ0v) is 20.6. The Balaban J connectivity index is 2.25. The van der Waals surface area contributed by atoms with Crippen molar-refractivity contribution in [2.24, 2.45) is 5.41 Å². The van der Waals surface area contributed by atoms with Crippen LogP contribution in [0.1, 0.15) is 27.2 Å². The number of aromatic nitrogens is 2. The van der Waals surface area contributed by atoms with Crippen molar-refractivity contribution in [2.75, 3.05) is 13.7 Å². The lowest BCUT2D eigenvalue weighted by Gasteiger charge is -2.42. The first-order chi connectivity index (χ1) is 16.7. The maximum Gasteiger partial charge on any atom is 0.522 e. The van der Waals surface area contributed by atoms with Crippen LogP contribution in [0, 0.1) is 5.41 Å². The Morgan fingerprint density at radius 1 is 1.17 bits per heavy atom. The number of carboxylic acid groups (broad SMARTS) is 1. The van der Waals surface area contributed by atoms with Crippen molar-refractivity contribution in [2.45, 2.75) is 39.1 Å². The number of methoxy groups -OCH3 is 1. The minimum Gasteiger partial charge on any atom is -0.495 e. The zero-order valence-electron chi connectivity index (χ0n) is 19.9. The molecule has 0 saturated carbocycles. The molecule has 0 radical (unpaired) electrons. The predicted molar refractivity (Wildman–Crippen MR) is 125 cm³/mol. The molecular weight excluding hydrogens is 505 g/mol. The second-order valence-corrected chi connectivity index (χ2v) is 9.42. The molecule has 194 valence electrons. The SMILES string of the molecule is COc1cn(C(CCOC(F)(F)F)(C(=O)O)C(C)(C)C)c(=O)cc1-c1cc(Cl)ccc1-c1cnco1. The highest BCUT2D eigenvalue weighted by atomic mass is 35.5. The minimum atomic E-state index is -4.96. The number of ether oxygens (including phenoxy) is 2. The highest BCUT2D eigenvalue weighted by Crippen LogP contribution is 2.43. The lowest BCUT2D eigenvalue weighted by Crippen LogP contribution is -2.56. The second-order valence-electron chi connectivity index (χ2n) is 8.98. The molecule has 0 spiro atoms. The van der Waals surface area contributed by atoms with E-state index in [1.165, 1.54) is 46.7 Å². The number of carboxylic acids is 1. The average molecular weight is 529 g/mol. The van der Waals surface area contributed by atoms with Crippen molar-refractivity contribution >= 4 is 17.6 Å². The molecule has 0 aliphatic carbocycles. The van der Waals surface area contributed by atoms with E-state index in [-0.39, 0.29) is 11.3 Å². The van der Waals surface area contributed by atoms with Gasteiger partial charge in [0.1, 0.15) is 5.75 Å². The maximum absolute atomic E-state index is 13.4. The molecule has 0 amide bonds. The number of benzene rings is 1. The lowest BCUT2D eigenvalue weighted by atomic mass is 9.71. The number of rotatable bonds is 8. The zero-order chi connectivity index (χ0) is 26.9. The van der Waals surface area contributed by atoms with Gasteiger partial charge < -0.3 is 14.3 Å². The maximum atomic E-state index is 13.4. The third-order valence-electron chi connectivity index (χ3n) is 5.94. The molecule has 12 heteroatoms. The number of hydrogen-bond acceptors (Lipinski definition) is 6. The number of carbonyl (C=O) groups is 1. The van der Waals surface area contributed by atoms with Crippen LogP contribution in [-0.2, 0) is 15.1 Å². The van der Waals surface area contributed by atoms with Crippen LogP contribution < -0.4 is 10.3 Å². The number of pyridine rings is 1. The minimum absolute atomic E-state index is 0.0873. The molecule has 1 aromatic carbocycles. The Morgan fingerprint density at radius 2 is 1.86 bits per heavy atom. The molecule has 36 heavy (non-hydrogen) atoms. The average Bonchev–Trinajstić information content (AvgIpc) is 3.29. The normalized spacial score (nSPS) is 13.9. The van der Waals surface area contributed by atoms with Gasteiger partial charge in [-0.15, -0.1) is 13.2 Å². The quantitative estimate of drug-likeness (QED) is 0.407. The van der Waals surface area contributed by atoms with Crippen LogP contribution in [-0.4, -0.2) is 40.7 Å². The van der Waals surface area contributed by atoms with Crippen molar-refractivity contribution in [1.82, 2.24) is 9.55 Å². The summed E-state index contributed by atoms with van der Waals surface area (Å²) < 4.78 is 53.7. The first-order valence-electron chi connectivity index (χ1n) is 10.7. The highest BCUT2D eigenvalue weighted by Gasteiger charge is 2.51. The number of halogens is 4. The smallest absolute Gasteiger partial charge is 0.495 e. The van der Waals surface area contributed by atoms with Crippen LogP contribution in [0.3, 0.4) is 0 Å². The molecule has 0 aliphatic rings. The van der Waals surface area contributed by atoms with E-state index >= 15 is 0 Å². The molecule has 1 N–H and O–H groups in total. The molecule has 0 bridgehead atoms. The van der Waals surface area contributed by atoms with Gasteiger partial charge in [-0.3, -0.25) is 14.1 Å². The Morgan fingerprint density at radius 3 is 2.39 bits per heavy atom. The van der Waals surface area contributed by atoms with Gasteiger partial charge in [-0.2, -0.15) is 0 Å². The van der Waals surface area contributed by atoms with Gasteiger partial charge in [0.15, 0.2) is 17.7 Å². The van der Waals surface area contributed by atoms with Crippen molar-refractivity contribution in [1.29, 1.82) is 0 Å². The molecule has 2 aromatic heterocycles. The number of hydrogen-bond donors (Lipinski definition) is 1. The third kappa shape index (κ3) is 5.26. The second kappa shape index (κ2) is 9.98. The molecule has 0 saturated heterocycles. The standard InChI is InChI=1S/C24H24ClF3N2O6/c1-22(2,3)23(21(32)33,7-8-36-24(26,27)28)30-12-19(34-4)17(10-20(30)31)16-9-14(25)5-6-15(16)18-11-29-13-35-18/h5-6,9-13H,7-8H2,1-4H3,(H,32,33). The van der Waals surface area contributed by atoms with Gasteiger partial charge in [0, 0.05) is 28.6 Å². The summed E-state index contributed by atoms with van der Waals surface area (Å²) in [5.41, 5.74) is -2.86. The molecule has 2 heterocycles. The van der Waals surface area contributed by atoms with Crippen LogP contribution in [0.4, 0.5) is 13.2 Å². The van der Waals surface area contributed by atoms with Crippen molar-refractivity contribution in [3.8, 4) is 28.2 Å². The molecule has 0 fully saturated rings. The van der Waals surface area contributed by atoms with E-state index in [1.807, 2.05) is 0 Å². The Labute approximate surface area is 209 Å². The van der Waals surface area contributed by atoms with Gasteiger partial charge in [0.2, 0.25) is 0 Å². The van der Waals surface area contributed by atoms with E-state index in [9.17, 15) is 27.9 Å². The van der Waals surface area contributed by atoms with Crippen LogP contribution >= 0.6 is 11.6 Å².